The largest absolute Gasteiger partial charge is 0.376 e. The molecule has 0 amide bonds. The number of fused-ring (bicyclic) bond motifs is 1. The third kappa shape index (κ3) is 4.48. The van der Waals surface area contributed by atoms with Gasteiger partial charge in [0.25, 0.3) is 11.2 Å². The molecule has 0 aliphatic heterocycles. The highest BCUT2D eigenvalue weighted by atomic mass is 16.6. The normalized spacial score (nSPS) is 12.3. The van der Waals surface area contributed by atoms with Crippen molar-refractivity contribution in [2.24, 2.45) is 0 Å². The number of hydrogen-bond acceptors (Lipinski definition) is 6. The minimum absolute atomic E-state index is 0.0446. The summed E-state index contributed by atoms with van der Waals surface area (Å²) in [4.78, 5) is 31.5. The first kappa shape index (κ1) is 18.5. The van der Waals surface area contributed by atoms with Crippen LogP contribution in [-0.2, 0) is 6.54 Å². The Labute approximate surface area is 156 Å². The minimum Gasteiger partial charge on any atom is -0.376 e. The van der Waals surface area contributed by atoms with Crippen molar-refractivity contribution in [3.63, 3.8) is 0 Å². The number of aromatic nitrogens is 2. The van der Waals surface area contributed by atoms with E-state index in [0.717, 1.165) is 6.54 Å². The van der Waals surface area contributed by atoms with Crippen LogP contribution in [0.1, 0.15) is 12.5 Å². The van der Waals surface area contributed by atoms with Crippen LogP contribution in [0.5, 0.6) is 0 Å². The van der Waals surface area contributed by atoms with Crippen molar-refractivity contribution in [2.45, 2.75) is 19.5 Å². The Morgan fingerprint density at radius 1 is 1.30 bits per heavy atom. The van der Waals surface area contributed by atoms with Crippen molar-refractivity contribution in [1.82, 2.24) is 14.9 Å². The van der Waals surface area contributed by atoms with Gasteiger partial charge in [-0.15, -0.1) is 0 Å². The summed E-state index contributed by atoms with van der Waals surface area (Å²) in [6, 6.07) is 12.9. The van der Waals surface area contributed by atoms with Crippen LogP contribution >= 0.6 is 0 Å². The van der Waals surface area contributed by atoms with Crippen LogP contribution in [0.3, 0.4) is 0 Å². The zero-order chi connectivity index (χ0) is 19.4. The van der Waals surface area contributed by atoms with E-state index in [1.54, 1.807) is 6.07 Å². The molecule has 0 aliphatic rings. The second-order valence-electron chi connectivity index (χ2n) is 6.60. The molecule has 2 aromatic carbocycles. The molecule has 8 nitrogen and oxygen atoms in total. The van der Waals surface area contributed by atoms with Gasteiger partial charge in [-0.1, -0.05) is 30.3 Å². The highest BCUT2D eigenvalue weighted by Crippen LogP contribution is 2.28. The molecule has 3 rings (SSSR count). The number of H-pyrrole nitrogens is 1. The zero-order valence-corrected chi connectivity index (χ0v) is 15.2. The topological polar surface area (TPSA) is 104 Å². The average molecular weight is 367 g/mol. The van der Waals surface area contributed by atoms with Crippen LogP contribution in [0.4, 0.5) is 11.4 Å². The fraction of sp³-hybridized carbons (Fsp3) is 0.263. The number of anilines is 1. The molecule has 27 heavy (non-hydrogen) atoms. The molecule has 1 unspecified atom stereocenters. The standard InChI is InChI=1S/C19H21N5O3/c1-13(10-23(2)11-14-6-4-3-5-7-14)22-17-9-16-15(8-18(17)24(26)27)19(25)21-12-20-16/h3-9,12-13,22H,10-11H2,1-2H3,(H,20,21,25). The van der Waals surface area contributed by atoms with Crippen LogP contribution < -0.4 is 10.9 Å². The van der Waals surface area contributed by atoms with E-state index < -0.39 is 10.5 Å². The third-order valence-corrected chi connectivity index (χ3v) is 4.24. The Balaban J connectivity index is 1.77. The second kappa shape index (κ2) is 7.96. The number of hydrogen-bond donors (Lipinski definition) is 2. The molecule has 3 aromatic rings. The van der Waals surface area contributed by atoms with Crippen LogP contribution in [0.2, 0.25) is 0 Å². The molecule has 0 bridgehead atoms. The van der Waals surface area contributed by atoms with Gasteiger partial charge in [-0.05, 0) is 25.6 Å². The third-order valence-electron chi connectivity index (χ3n) is 4.24. The van der Waals surface area contributed by atoms with E-state index in [1.807, 2.05) is 32.2 Å². The average Bonchev–Trinajstić information content (AvgIpc) is 2.62. The summed E-state index contributed by atoms with van der Waals surface area (Å²) in [5.74, 6) is 0. The van der Waals surface area contributed by atoms with E-state index >= 15 is 0 Å². The number of aromatic amines is 1. The van der Waals surface area contributed by atoms with Gasteiger partial charge in [-0.3, -0.25) is 14.9 Å². The fourth-order valence-corrected chi connectivity index (χ4v) is 3.11. The van der Waals surface area contributed by atoms with Crippen molar-refractivity contribution in [3.8, 4) is 0 Å². The summed E-state index contributed by atoms with van der Waals surface area (Å²) in [6.45, 7) is 3.43. The predicted octanol–water partition coefficient (Wildman–Crippen LogP) is 2.76. The number of benzene rings is 2. The van der Waals surface area contributed by atoms with Crippen molar-refractivity contribution in [3.05, 3.63) is 74.8 Å². The Bertz CT molecular complexity index is 1000. The highest BCUT2D eigenvalue weighted by molar-refractivity contribution is 5.86. The van der Waals surface area contributed by atoms with E-state index in [-0.39, 0.29) is 17.1 Å². The van der Waals surface area contributed by atoms with Gasteiger partial charge in [0.05, 0.1) is 22.2 Å². The number of likely N-dealkylation sites (N-methyl/N-ethyl adjacent to an activating group) is 1. The summed E-state index contributed by atoms with van der Waals surface area (Å²) < 4.78 is 0. The van der Waals surface area contributed by atoms with Crippen LogP contribution in [0, 0.1) is 10.1 Å². The quantitative estimate of drug-likeness (QED) is 0.491. The Hall–Kier alpha value is -3.26. The Morgan fingerprint density at radius 3 is 2.74 bits per heavy atom. The summed E-state index contributed by atoms with van der Waals surface area (Å²) in [5, 5.41) is 14.8. The van der Waals surface area contributed by atoms with Crippen molar-refractivity contribution in [1.29, 1.82) is 0 Å². The molecule has 1 aromatic heterocycles. The second-order valence-corrected chi connectivity index (χ2v) is 6.60. The van der Waals surface area contributed by atoms with Gasteiger partial charge in [-0.2, -0.15) is 0 Å². The van der Waals surface area contributed by atoms with E-state index in [4.69, 9.17) is 0 Å². The van der Waals surface area contributed by atoms with Gasteiger partial charge in [0.15, 0.2) is 0 Å². The number of nitro groups is 1. The number of nitrogens with one attached hydrogen (secondary N) is 2. The molecule has 0 saturated carbocycles. The summed E-state index contributed by atoms with van der Waals surface area (Å²) in [7, 11) is 2.00. The molecule has 8 heteroatoms. The maximum atomic E-state index is 11.9. The van der Waals surface area contributed by atoms with Gasteiger partial charge < -0.3 is 15.2 Å². The zero-order valence-electron chi connectivity index (χ0n) is 15.2. The maximum absolute atomic E-state index is 11.9. The lowest BCUT2D eigenvalue weighted by Gasteiger charge is -2.23. The molecule has 0 radical (unpaired) electrons. The number of nitrogens with zero attached hydrogens (tertiary/aromatic N) is 3. The Morgan fingerprint density at radius 2 is 2.04 bits per heavy atom. The number of nitro benzene ring substituents is 1. The lowest BCUT2D eigenvalue weighted by Crippen LogP contribution is -2.32. The van der Waals surface area contributed by atoms with Gasteiger partial charge in [0.1, 0.15) is 5.69 Å². The van der Waals surface area contributed by atoms with Crippen molar-refractivity contribution >= 4 is 22.3 Å². The van der Waals surface area contributed by atoms with E-state index in [1.165, 1.54) is 18.0 Å². The van der Waals surface area contributed by atoms with Crippen LogP contribution in [-0.4, -0.2) is 39.4 Å². The van der Waals surface area contributed by atoms with Gasteiger partial charge in [0, 0.05) is 25.2 Å². The first-order valence-corrected chi connectivity index (χ1v) is 8.59. The van der Waals surface area contributed by atoms with Crippen LogP contribution in [0.25, 0.3) is 10.9 Å². The fourth-order valence-electron chi connectivity index (χ4n) is 3.11. The van der Waals surface area contributed by atoms with Gasteiger partial charge in [0.2, 0.25) is 0 Å². The molecule has 0 spiro atoms. The molecular formula is C19H21N5O3. The smallest absolute Gasteiger partial charge is 0.293 e. The molecule has 1 atom stereocenters. The van der Waals surface area contributed by atoms with E-state index in [2.05, 4.69) is 32.3 Å². The van der Waals surface area contributed by atoms with Gasteiger partial charge in [-0.25, -0.2) is 4.98 Å². The molecule has 0 fully saturated rings. The summed E-state index contributed by atoms with van der Waals surface area (Å²) in [6.07, 6.45) is 1.29. The summed E-state index contributed by atoms with van der Waals surface area (Å²) in [5.41, 5.74) is 1.43. The SMILES string of the molecule is CC(CN(C)Cc1ccccc1)Nc1cc2nc[nH]c(=O)c2cc1[N+](=O)[O-]. The first-order valence-electron chi connectivity index (χ1n) is 8.59. The summed E-state index contributed by atoms with van der Waals surface area (Å²) >= 11 is 0. The molecular weight excluding hydrogens is 346 g/mol. The highest BCUT2D eigenvalue weighted by Gasteiger charge is 2.19. The predicted molar refractivity (Wildman–Crippen MR) is 105 cm³/mol. The molecule has 0 aliphatic carbocycles. The van der Waals surface area contributed by atoms with Gasteiger partial charge >= 0.3 is 0 Å². The molecule has 2 N–H and O–H groups in total. The number of rotatable bonds is 7. The van der Waals surface area contributed by atoms with E-state index in [0.29, 0.717) is 17.7 Å². The minimum atomic E-state index is -0.491. The molecule has 1 heterocycles. The lowest BCUT2D eigenvalue weighted by atomic mass is 10.1. The van der Waals surface area contributed by atoms with Crippen molar-refractivity contribution < 1.29 is 4.92 Å². The first-order chi connectivity index (χ1) is 12.9. The van der Waals surface area contributed by atoms with Crippen molar-refractivity contribution in [2.75, 3.05) is 18.9 Å². The lowest BCUT2D eigenvalue weighted by molar-refractivity contribution is -0.383. The van der Waals surface area contributed by atoms with E-state index in [9.17, 15) is 14.9 Å². The molecule has 0 saturated heterocycles. The molecule has 140 valence electrons. The maximum Gasteiger partial charge on any atom is 0.293 e. The monoisotopic (exact) mass is 367 g/mol. The Kier molecular flexibility index (Phi) is 5.46. The van der Waals surface area contributed by atoms with Crippen LogP contribution in [0.15, 0.2) is 53.6 Å².